The molecule has 0 fully saturated rings. The van der Waals surface area contributed by atoms with Gasteiger partial charge in [-0.1, -0.05) is 109 Å². The first kappa shape index (κ1) is 28.9. The molecular weight excluding hydrogens is 587 g/mol. The van der Waals surface area contributed by atoms with Crippen molar-refractivity contribution in [2.45, 2.75) is 12.1 Å². The van der Waals surface area contributed by atoms with Gasteiger partial charge in [0.1, 0.15) is 18.2 Å². The van der Waals surface area contributed by atoms with Gasteiger partial charge in [0.05, 0.1) is 5.39 Å². The minimum absolute atomic E-state index is 0.0512. The molecule has 7 heteroatoms. The summed E-state index contributed by atoms with van der Waals surface area (Å²) in [5, 5.41) is 0.400. The molecule has 226 valence electrons. The number of ether oxygens (including phenoxy) is 1. The van der Waals surface area contributed by atoms with Crippen molar-refractivity contribution in [1.82, 2.24) is 4.74 Å². The SMILES string of the molecule is O=c1c2cc(COc3ccc(-c4cc(F)c(F)cc4F)cc3)ccc2on1C(c1ccccc1)(c1ccccc1)c1ccccc1. The number of halogens is 3. The Hall–Kier alpha value is -5.82. The molecule has 7 aromatic rings. The van der Waals surface area contributed by atoms with E-state index in [1.807, 2.05) is 97.1 Å². The Morgan fingerprint density at radius 1 is 0.609 bits per heavy atom. The van der Waals surface area contributed by atoms with Crippen LogP contribution in [0.2, 0.25) is 0 Å². The van der Waals surface area contributed by atoms with E-state index in [0.29, 0.717) is 28.3 Å². The first-order valence-corrected chi connectivity index (χ1v) is 14.6. The number of aromatic nitrogens is 1. The summed E-state index contributed by atoms with van der Waals surface area (Å²) in [6.45, 7) is 0.140. The molecule has 0 bridgehead atoms. The molecule has 46 heavy (non-hydrogen) atoms. The van der Waals surface area contributed by atoms with Crippen molar-refractivity contribution in [3.8, 4) is 16.9 Å². The van der Waals surface area contributed by atoms with Crippen molar-refractivity contribution in [3.63, 3.8) is 0 Å². The lowest BCUT2D eigenvalue weighted by Gasteiger charge is -2.34. The van der Waals surface area contributed by atoms with E-state index in [0.717, 1.165) is 28.3 Å². The Morgan fingerprint density at radius 2 is 1.15 bits per heavy atom. The predicted octanol–water partition coefficient (Wildman–Crippen LogP) is 9.10. The second-order valence-electron chi connectivity index (χ2n) is 10.9. The molecule has 0 aliphatic carbocycles. The Bertz CT molecular complexity index is 2100. The van der Waals surface area contributed by atoms with Crippen molar-refractivity contribution in [1.29, 1.82) is 0 Å². The topological polar surface area (TPSA) is 44.4 Å². The normalized spacial score (nSPS) is 11.5. The van der Waals surface area contributed by atoms with Gasteiger partial charge in [-0.3, -0.25) is 4.79 Å². The highest BCUT2D eigenvalue weighted by atomic mass is 19.2. The maximum Gasteiger partial charge on any atom is 0.291 e. The molecule has 0 saturated heterocycles. The summed E-state index contributed by atoms with van der Waals surface area (Å²) >= 11 is 0. The average Bonchev–Trinajstić information content (AvgIpc) is 3.43. The molecule has 0 N–H and O–H groups in total. The molecule has 7 rings (SSSR count). The van der Waals surface area contributed by atoms with E-state index in [2.05, 4.69) is 0 Å². The molecule has 0 saturated carbocycles. The Kier molecular flexibility index (Phi) is 7.50. The molecule has 0 amide bonds. The van der Waals surface area contributed by atoms with Crippen molar-refractivity contribution in [3.05, 3.63) is 196 Å². The van der Waals surface area contributed by atoms with Crippen LogP contribution < -0.4 is 10.3 Å². The fraction of sp³-hybridized carbons (Fsp3) is 0.0513. The maximum atomic E-state index is 14.3. The van der Waals surface area contributed by atoms with E-state index in [-0.39, 0.29) is 17.7 Å². The van der Waals surface area contributed by atoms with Crippen LogP contribution in [0.1, 0.15) is 22.3 Å². The zero-order valence-corrected chi connectivity index (χ0v) is 24.4. The first-order valence-electron chi connectivity index (χ1n) is 14.6. The first-order chi connectivity index (χ1) is 22.4. The molecule has 1 heterocycles. The smallest absolute Gasteiger partial charge is 0.291 e. The summed E-state index contributed by atoms with van der Waals surface area (Å²) in [5.41, 5.74) is 2.69. The van der Waals surface area contributed by atoms with E-state index >= 15 is 0 Å². The number of fused-ring (bicyclic) bond motifs is 1. The lowest BCUT2D eigenvalue weighted by Crippen LogP contribution is -2.42. The molecule has 0 unspecified atom stereocenters. The van der Waals surface area contributed by atoms with Crippen molar-refractivity contribution in [2.75, 3.05) is 0 Å². The van der Waals surface area contributed by atoms with E-state index in [4.69, 9.17) is 9.26 Å². The van der Waals surface area contributed by atoms with Crippen LogP contribution in [0.5, 0.6) is 5.75 Å². The number of nitrogens with zero attached hydrogens (tertiary/aromatic N) is 1. The Labute approximate surface area is 262 Å². The highest BCUT2D eigenvalue weighted by Gasteiger charge is 2.42. The van der Waals surface area contributed by atoms with Crippen LogP contribution in [0.25, 0.3) is 22.1 Å². The molecule has 1 aromatic heterocycles. The lowest BCUT2D eigenvalue weighted by atomic mass is 9.77. The molecule has 0 atom stereocenters. The fourth-order valence-corrected chi connectivity index (χ4v) is 5.91. The van der Waals surface area contributed by atoms with Crippen LogP contribution in [-0.2, 0) is 12.1 Å². The third-order valence-corrected chi connectivity index (χ3v) is 8.11. The maximum absolute atomic E-state index is 14.3. The standard InChI is InChI=1S/C39H26F3NO3/c40-34-24-36(42)35(41)23-32(34)27-17-19-31(20-18-27)45-25-26-16-21-37-33(22-26)38(44)43(46-37)39(28-10-4-1-5-11-28,29-12-6-2-7-13-29)30-14-8-3-9-15-30/h1-24H,25H2. The Morgan fingerprint density at radius 3 is 1.72 bits per heavy atom. The van der Waals surface area contributed by atoms with Crippen LogP contribution in [0, 0.1) is 17.5 Å². The lowest BCUT2D eigenvalue weighted by molar-refractivity contribution is 0.221. The number of hydrogen-bond donors (Lipinski definition) is 0. The van der Waals surface area contributed by atoms with Gasteiger partial charge >= 0.3 is 0 Å². The zero-order valence-electron chi connectivity index (χ0n) is 24.4. The van der Waals surface area contributed by atoms with Gasteiger partial charge in [-0.05, 0) is 58.1 Å². The van der Waals surface area contributed by atoms with Crippen LogP contribution in [-0.4, -0.2) is 4.74 Å². The molecule has 0 aliphatic rings. The van der Waals surface area contributed by atoms with E-state index < -0.39 is 23.0 Å². The van der Waals surface area contributed by atoms with Crippen LogP contribution in [0.15, 0.2) is 155 Å². The minimum Gasteiger partial charge on any atom is -0.489 e. The van der Waals surface area contributed by atoms with Gasteiger partial charge in [-0.15, -0.1) is 0 Å². The molecule has 6 aromatic carbocycles. The molecule has 0 spiro atoms. The second kappa shape index (κ2) is 11.9. The number of hydrogen-bond acceptors (Lipinski definition) is 3. The third-order valence-electron chi connectivity index (χ3n) is 8.11. The van der Waals surface area contributed by atoms with Gasteiger partial charge in [0, 0.05) is 11.6 Å². The van der Waals surface area contributed by atoms with Gasteiger partial charge < -0.3 is 9.26 Å². The van der Waals surface area contributed by atoms with Gasteiger partial charge in [0.2, 0.25) is 0 Å². The number of rotatable bonds is 8. The summed E-state index contributed by atoms with van der Waals surface area (Å²) in [6, 6.07) is 42.5. The van der Waals surface area contributed by atoms with E-state index in [1.54, 1.807) is 36.4 Å². The largest absolute Gasteiger partial charge is 0.489 e. The quantitative estimate of drug-likeness (QED) is 0.127. The molecular formula is C39H26F3NO3. The van der Waals surface area contributed by atoms with Gasteiger partial charge in [-0.2, -0.15) is 4.74 Å². The Balaban J connectivity index is 1.25. The fourth-order valence-electron chi connectivity index (χ4n) is 5.91. The van der Waals surface area contributed by atoms with Gasteiger partial charge in [0.15, 0.2) is 22.8 Å². The second-order valence-corrected chi connectivity index (χ2v) is 10.9. The van der Waals surface area contributed by atoms with Crippen LogP contribution in [0.4, 0.5) is 13.2 Å². The van der Waals surface area contributed by atoms with E-state index in [9.17, 15) is 18.0 Å². The van der Waals surface area contributed by atoms with Crippen LogP contribution in [0.3, 0.4) is 0 Å². The summed E-state index contributed by atoms with van der Waals surface area (Å²) in [4.78, 5) is 14.3. The third kappa shape index (κ3) is 5.06. The van der Waals surface area contributed by atoms with Gasteiger partial charge in [0.25, 0.3) is 5.56 Å². The van der Waals surface area contributed by atoms with Crippen molar-refractivity contribution >= 4 is 11.0 Å². The summed E-state index contributed by atoms with van der Waals surface area (Å²) in [6.07, 6.45) is 0. The van der Waals surface area contributed by atoms with Crippen molar-refractivity contribution in [2.24, 2.45) is 0 Å². The highest BCUT2D eigenvalue weighted by Crippen LogP contribution is 2.40. The predicted molar refractivity (Wildman–Crippen MR) is 171 cm³/mol. The monoisotopic (exact) mass is 613 g/mol. The average molecular weight is 614 g/mol. The zero-order chi connectivity index (χ0) is 31.7. The summed E-state index contributed by atoms with van der Waals surface area (Å²) < 4.78 is 55.1. The molecule has 0 aliphatic heterocycles. The van der Waals surface area contributed by atoms with Crippen molar-refractivity contribution < 1.29 is 22.4 Å². The summed E-state index contributed by atoms with van der Waals surface area (Å²) in [7, 11) is 0. The van der Waals surface area contributed by atoms with Gasteiger partial charge in [-0.25, -0.2) is 13.2 Å². The molecule has 4 nitrogen and oxygen atoms in total. The molecule has 0 radical (unpaired) electrons. The summed E-state index contributed by atoms with van der Waals surface area (Å²) in [5.74, 6) is -2.75. The minimum atomic E-state index is -1.24. The van der Waals surface area contributed by atoms with E-state index in [1.165, 1.54) is 4.74 Å². The highest BCUT2D eigenvalue weighted by molar-refractivity contribution is 5.77. The van der Waals surface area contributed by atoms with Crippen LogP contribution >= 0.6 is 0 Å². The number of benzene rings is 6.